The number of rotatable bonds is 5. The van der Waals surface area contributed by atoms with Crippen molar-refractivity contribution in [1.82, 2.24) is 0 Å². The van der Waals surface area contributed by atoms with Crippen molar-refractivity contribution in [3.05, 3.63) is 12.2 Å². The molecular weight excluding hydrogens is 276 g/mol. The van der Waals surface area contributed by atoms with Gasteiger partial charge in [0.05, 0.1) is 18.4 Å². The fraction of sp³-hybridized carbons (Fsp3) is 0.667. The number of hydrogen-bond donors (Lipinski definition) is 0. The minimum atomic E-state index is -0.802. The molecule has 1 fully saturated rings. The van der Waals surface area contributed by atoms with Gasteiger partial charge in [-0.2, -0.15) is 0 Å². The van der Waals surface area contributed by atoms with Crippen molar-refractivity contribution in [3.63, 3.8) is 0 Å². The third-order valence-corrected chi connectivity index (χ3v) is 3.37. The maximum Gasteiger partial charge on any atom is 0.381 e. The second-order valence-corrected chi connectivity index (χ2v) is 5.22. The van der Waals surface area contributed by atoms with Crippen molar-refractivity contribution in [2.75, 3.05) is 6.61 Å². The third kappa shape index (κ3) is 5.21. The molecule has 0 aromatic rings. The van der Waals surface area contributed by atoms with Gasteiger partial charge >= 0.3 is 17.9 Å². The van der Waals surface area contributed by atoms with Gasteiger partial charge in [0, 0.05) is 5.57 Å². The first-order valence-corrected chi connectivity index (χ1v) is 7.22. The highest BCUT2D eigenvalue weighted by molar-refractivity contribution is 5.87. The van der Waals surface area contributed by atoms with Gasteiger partial charge in [0.25, 0.3) is 0 Å². The molecule has 0 bridgehead atoms. The second kappa shape index (κ2) is 8.44. The predicted octanol–water partition coefficient (Wildman–Crippen LogP) is 2.32. The Labute approximate surface area is 124 Å². The summed E-state index contributed by atoms with van der Waals surface area (Å²) in [7, 11) is 0. The van der Waals surface area contributed by atoms with E-state index in [0.29, 0.717) is 19.4 Å². The van der Waals surface area contributed by atoms with Crippen molar-refractivity contribution in [1.29, 1.82) is 0 Å². The molecular formula is C15H22O6. The smallest absolute Gasteiger partial charge is 0.381 e. The standard InChI is InChI=1S/C15H22O6/c1-4-9-19-14(17)11-7-5-6-8-12(11)15(18)21-20-13(16)10(2)3/h11-12H,2,4-9H2,1,3H3. The highest BCUT2D eigenvalue weighted by Gasteiger charge is 2.38. The molecule has 0 aromatic carbocycles. The van der Waals surface area contributed by atoms with E-state index in [9.17, 15) is 14.4 Å². The van der Waals surface area contributed by atoms with Crippen LogP contribution in [0.3, 0.4) is 0 Å². The first kappa shape index (κ1) is 17.2. The zero-order valence-electron chi connectivity index (χ0n) is 12.6. The molecule has 2 unspecified atom stereocenters. The Bertz CT molecular complexity index is 414. The summed E-state index contributed by atoms with van der Waals surface area (Å²) in [6.45, 7) is 7.06. The Morgan fingerprint density at radius 3 is 2.14 bits per heavy atom. The first-order valence-electron chi connectivity index (χ1n) is 7.22. The van der Waals surface area contributed by atoms with Crippen LogP contribution in [0.4, 0.5) is 0 Å². The van der Waals surface area contributed by atoms with Gasteiger partial charge in [-0.3, -0.25) is 4.79 Å². The van der Waals surface area contributed by atoms with Crippen molar-refractivity contribution in [3.8, 4) is 0 Å². The van der Waals surface area contributed by atoms with Crippen LogP contribution in [0.2, 0.25) is 0 Å². The largest absolute Gasteiger partial charge is 0.465 e. The molecule has 6 heteroatoms. The fourth-order valence-corrected chi connectivity index (χ4v) is 2.22. The highest BCUT2D eigenvalue weighted by atomic mass is 17.2. The number of carbonyl (C=O) groups is 3. The Hall–Kier alpha value is -1.85. The van der Waals surface area contributed by atoms with Gasteiger partial charge in [-0.1, -0.05) is 26.3 Å². The summed E-state index contributed by atoms with van der Waals surface area (Å²) < 4.78 is 5.11. The van der Waals surface area contributed by atoms with Gasteiger partial charge in [-0.25, -0.2) is 19.4 Å². The van der Waals surface area contributed by atoms with E-state index in [1.54, 1.807) is 0 Å². The lowest BCUT2D eigenvalue weighted by Gasteiger charge is -2.27. The third-order valence-electron chi connectivity index (χ3n) is 3.37. The molecule has 0 radical (unpaired) electrons. The van der Waals surface area contributed by atoms with Gasteiger partial charge in [-0.15, -0.1) is 0 Å². The summed E-state index contributed by atoms with van der Waals surface area (Å²) in [6, 6.07) is 0. The summed E-state index contributed by atoms with van der Waals surface area (Å²) in [5.41, 5.74) is 0.130. The summed E-state index contributed by atoms with van der Waals surface area (Å²) in [5, 5.41) is 0. The molecule has 118 valence electrons. The van der Waals surface area contributed by atoms with E-state index in [2.05, 4.69) is 16.4 Å². The molecule has 6 nitrogen and oxygen atoms in total. The summed E-state index contributed by atoms with van der Waals surface area (Å²) in [4.78, 5) is 44.1. The molecule has 1 saturated carbocycles. The van der Waals surface area contributed by atoms with Gasteiger partial charge in [0.15, 0.2) is 0 Å². The van der Waals surface area contributed by atoms with Crippen LogP contribution in [0.25, 0.3) is 0 Å². The van der Waals surface area contributed by atoms with E-state index in [1.165, 1.54) is 6.92 Å². The zero-order valence-corrected chi connectivity index (χ0v) is 12.6. The van der Waals surface area contributed by atoms with Crippen LogP contribution in [-0.4, -0.2) is 24.5 Å². The summed E-state index contributed by atoms with van der Waals surface area (Å²) in [5.74, 6) is -3.04. The molecule has 21 heavy (non-hydrogen) atoms. The minimum Gasteiger partial charge on any atom is -0.465 e. The van der Waals surface area contributed by atoms with E-state index in [4.69, 9.17) is 4.74 Å². The van der Waals surface area contributed by atoms with Crippen LogP contribution in [0.15, 0.2) is 12.2 Å². The lowest BCUT2D eigenvalue weighted by Crippen LogP contribution is -2.35. The molecule has 0 heterocycles. The average Bonchev–Trinajstić information content (AvgIpc) is 2.49. The zero-order chi connectivity index (χ0) is 15.8. The van der Waals surface area contributed by atoms with Crippen LogP contribution < -0.4 is 0 Å². The fourth-order valence-electron chi connectivity index (χ4n) is 2.22. The van der Waals surface area contributed by atoms with Crippen molar-refractivity contribution >= 4 is 17.9 Å². The van der Waals surface area contributed by atoms with E-state index in [-0.39, 0.29) is 11.5 Å². The van der Waals surface area contributed by atoms with Crippen molar-refractivity contribution in [2.24, 2.45) is 11.8 Å². The number of esters is 1. The van der Waals surface area contributed by atoms with Crippen LogP contribution >= 0.6 is 0 Å². The average molecular weight is 298 g/mol. The minimum absolute atomic E-state index is 0.130. The van der Waals surface area contributed by atoms with Crippen LogP contribution in [0.1, 0.15) is 46.0 Å². The van der Waals surface area contributed by atoms with Crippen molar-refractivity contribution in [2.45, 2.75) is 46.0 Å². The van der Waals surface area contributed by atoms with Crippen LogP contribution in [0.5, 0.6) is 0 Å². The quantitative estimate of drug-likeness (QED) is 0.335. The normalized spacial score (nSPS) is 21.2. The number of ether oxygens (including phenoxy) is 1. The van der Waals surface area contributed by atoms with Crippen molar-refractivity contribution < 1.29 is 28.9 Å². The first-order chi connectivity index (χ1) is 9.97. The Kier molecular flexibility index (Phi) is 6.91. The molecule has 0 aliphatic heterocycles. The van der Waals surface area contributed by atoms with E-state index in [0.717, 1.165) is 19.3 Å². The van der Waals surface area contributed by atoms with E-state index in [1.807, 2.05) is 6.92 Å². The Balaban J connectivity index is 2.59. The topological polar surface area (TPSA) is 78.9 Å². The SMILES string of the molecule is C=C(C)C(=O)OOC(=O)C1CCCCC1C(=O)OCCC. The highest BCUT2D eigenvalue weighted by Crippen LogP contribution is 2.32. The number of carbonyl (C=O) groups excluding carboxylic acids is 3. The van der Waals surface area contributed by atoms with Gasteiger partial charge in [0.1, 0.15) is 0 Å². The maximum atomic E-state index is 12.0. The predicted molar refractivity (Wildman–Crippen MR) is 73.7 cm³/mol. The van der Waals surface area contributed by atoms with E-state index < -0.39 is 23.8 Å². The molecule has 1 rings (SSSR count). The monoisotopic (exact) mass is 298 g/mol. The molecule has 0 spiro atoms. The maximum absolute atomic E-state index is 12.0. The van der Waals surface area contributed by atoms with Gasteiger partial charge in [-0.05, 0) is 26.2 Å². The molecule has 0 N–H and O–H groups in total. The summed E-state index contributed by atoms with van der Waals surface area (Å²) in [6.07, 6.45) is 3.52. The summed E-state index contributed by atoms with van der Waals surface area (Å²) >= 11 is 0. The molecule has 0 amide bonds. The Morgan fingerprint density at radius 2 is 1.62 bits per heavy atom. The second-order valence-electron chi connectivity index (χ2n) is 5.22. The Morgan fingerprint density at radius 1 is 1.05 bits per heavy atom. The van der Waals surface area contributed by atoms with Gasteiger partial charge < -0.3 is 4.74 Å². The molecule has 0 saturated heterocycles. The molecule has 0 aromatic heterocycles. The van der Waals surface area contributed by atoms with Crippen LogP contribution in [-0.2, 0) is 28.9 Å². The van der Waals surface area contributed by atoms with E-state index >= 15 is 0 Å². The van der Waals surface area contributed by atoms with Crippen LogP contribution in [0, 0.1) is 11.8 Å². The molecule has 1 aliphatic carbocycles. The van der Waals surface area contributed by atoms with Gasteiger partial charge in [0.2, 0.25) is 0 Å². The lowest BCUT2D eigenvalue weighted by atomic mass is 9.79. The molecule has 1 aliphatic rings. The number of hydrogen-bond acceptors (Lipinski definition) is 6. The molecule has 2 atom stereocenters. The lowest BCUT2D eigenvalue weighted by molar-refractivity contribution is -0.260.